The number of urea groups is 1. The summed E-state index contributed by atoms with van der Waals surface area (Å²) in [5.41, 5.74) is 6.69. The van der Waals surface area contributed by atoms with Crippen molar-refractivity contribution >= 4 is 17.8 Å². The van der Waals surface area contributed by atoms with E-state index < -0.39 is 12.0 Å². The fraction of sp³-hybridized carbons (Fsp3) is 0.609. The first-order valence-electron chi connectivity index (χ1n) is 11.0. The van der Waals surface area contributed by atoms with Crippen LogP contribution >= 0.6 is 0 Å². The Kier molecular flexibility index (Phi) is 7.00. The monoisotopic (exact) mass is 414 g/mol. The van der Waals surface area contributed by atoms with E-state index in [-0.39, 0.29) is 18.0 Å². The van der Waals surface area contributed by atoms with Gasteiger partial charge in [0.15, 0.2) is 0 Å². The smallest absolute Gasteiger partial charge is 0.327 e. The van der Waals surface area contributed by atoms with Crippen molar-refractivity contribution in [2.75, 3.05) is 19.4 Å². The highest BCUT2D eigenvalue weighted by molar-refractivity contribution is 6.02. The minimum atomic E-state index is -0.472. The molecule has 2 fully saturated rings. The second kappa shape index (κ2) is 9.49. The molecule has 2 N–H and O–H groups in total. The maximum atomic E-state index is 13.3. The average molecular weight is 415 g/mol. The highest BCUT2D eigenvalue weighted by atomic mass is 16.5. The number of β-lactam (4-membered cyclic amide) rings is 1. The molecule has 1 aliphatic heterocycles. The Morgan fingerprint density at radius 1 is 1.40 bits per heavy atom. The van der Waals surface area contributed by atoms with Crippen LogP contribution in [-0.4, -0.2) is 52.5 Å². The van der Waals surface area contributed by atoms with Crippen molar-refractivity contribution < 1.29 is 14.3 Å². The normalized spacial score (nSPS) is 22.9. The summed E-state index contributed by atoms with van der Waals surface area (Å²) in [5, 5.41) is 0. The number of likely N-dealkylation sites (tertiary alicyclic amines) is 1. The fourth-order valence-electron chi connectivity index (χ4n) is 4.75. The number of aromatic nitrogens is 1. The van der Waals surface area contributed by atoms with Crippen LogP contribution in [0.1, 0.15) is 51.5 Å². The Hall–Kier alpha value is -2.57. The number of carbonyl (C=O) groups is 2. The number of ether oxygens (including phenoxy) is 1. The molecule has 3 atom stereocenters. The van der Waals surface area contributed by atoms with Crippen LogP contribution in [0.5, 0.6) is 0 Å². The van der Waals surface area contributed by atoms with E-state index >= 15 is 0 Å². The second-order valence-electron chi connectivity index (χ2n) is 8.48. The van der Waals surface area contributed by atoms with Gasteiger partial charge in [0, 0.05) is 19.3 Å². The van der Waals surface area contributed by atoms with Gasteiger partial charge in [0.05, 0.1) is 12.5 Å². The Morgan fingerprint density at radius 3 is 2.73 bits per heavy atom. The number of nitrogens with zero attached hydrogens (tertiary/aromatic N) is 3. The van der Waals surface area contributed by atoms with Gasteiger partial charge in [0.25, 0.3) is 0 Å². The van der Waals surface area contributed by atoms with Crippen LogP contribution < -0.4 is 5.73 Å². The Bertz CT molecular complexity index is 790. The van der Waals surface area contributed by atoms with Crippen molar-refractivity contribution in [3.63, 3.8) is 0 Å². The van der Waals surface area contributed by atoms with E-state index in [0.717, 1.165) is 18.4 Å². The van der Waals surface area contributed by atoms with Gasteiger partial charge in [-0.1, -0.05) is 25.8 Å². The van der Waals surface area contributed by atoms with Gasteiger partial charge >= 0.3 is 6.03 Å². The molecular weight excluding hydrogens is 380 g/mol. The molecule has 0 unspecified atom stereocenters. The third kappa shape index (κ3) is 4.45. The topological polar surface area (TPSA) is 88.8 Å². The maximum absolute atomic E-state index is 13.3. The summed E-state index contributed by atoms with van der Waals surface area (Å²) in [7, 11) is 1.80. The number of hydrogen-bond donors (Lipinski definition) is 1. The van der Waals surface area contributed by atoms with Gasteiger partial charge in [-0.05, 0) is 56.7 Å². The molecule has 2 aliphatic rings. The molecular formula is C23H34N4O3. The van der Waals surface area contributed by atoms with Crippen LogP contribution in [-0.2, 0) is 16.0 Å². The number of imide groups is 1. The molecule has 7 heteroatoms. The largest absolute Gasteiger partial charge is 0.497 e. The SMILES string of the molecule is C=C(OCC)[C@@H]1[C@@H](Cc2ccnc(N)c2)C(=O)N1C(=O)N(C)[C@H](C)C1CCCCC1. The lowest BCUT2D eigenvalue weighted by Gasteiger charge is -2.48. The first kappa shape index (κ1) is 22.1. The summed E-state index contributed by atoms with van der Waals surface area (Å²) in [5.74, 6) is 0.759. The zero-order valence-electron chi connectivity index (χ0n) is 18.3. The molecule has 0 bridgehead atoms. The van der Waals surface area contributed by atoms with E-state index in [2.05, 4.69) is 18.5 Å². The summed E-state index contributed by atoms with van der Waals surface area (Å²) >= 11 is 0. The molecule has 1 aromatic rings. The Balaban J connectivity index is 1.75. The number of rotatable bonds is 7. The lowest BCUT2D eigenvalue weighted by atomic mass is 9.81. The number of pyridine rings is 1. The predicted molar refractivity (Wildman–Crippen MR) is 116 cm³/mol. The van der Waals surface area contributed by atoms with E-state index in [1.807, 2.05) is 13.0 Å². The van der Waals surface area contributed by atoms with Gasteiger partial charge in [0.1, 0.15) is 17.6 Å². The second-order valence-corrected chi connectivity index (χ2v) is 8.48. The summed E-state index contributed by atoms with van der Waals surface area (Å²) in [6.45, 7) is 8.41. The molecule has 0 radical (unpaired) electrons. The quantitative estimate of drug-likeness (QED) is 0.544. The Labute approximate surface area is 179 Å². The summed E-state index contributed by atoms with van der Waals surface area (Å²) in [4.78, 5) is 33.4. The van der Waals surface area contributed by atoms with Gasteiger partial charge < -0.3 is 15.4 Å². The number of amides is 3. The van der Waals surface area contributed by atoms with Gasteiger partial charge in [-0.25, -0.2) is 9.78 Å². The van der Waals surface area contributed by atoms with Crippen LogP contribution in [0.3, 0.4) is 0 Å². The van der Waals surface area contributed by atoms with Crippen LogP contribution in [0.4, 0.5) is 10.6 Å². The summed E-state index contributed by atoms with van der Waals surface area (Å²) in [6, 6.07) is 2.95. The van der Waals surface area contributed by atoms with Crippen molar-refractivity contribution in [1.82, 2.24) is 14.8 Å². The van der Waals surface area contributed by atoms with Crippen LogP contribution in [0.25, 0.3) is 0 Å². The lowest BCUT2D eigenvalue weighted by Crippen LogP contribution is -2.67. The molecule has 164 valence electrons. The average Bonchev–Trinajstić information content (AvgIpc) is 2.74. The van der Waals surface area contributed by atoms with Gasteiger partial charge in [-0.3, -0.25) is 9.69 Å². The number of anilines is 1. The fourth-order valence-corrected chi connectivity index (χ4v) is 4.75. The lowest BCUT2D eigenvalue weighted by molar-refractivity contribution is -0.151. The molecule has 1 aliphatic carbocycles. The van der Waals surface area contributed by atoms with E-state index in [1.165, 1.54) is 24.2 Å². The first-order valence-corrected chi connectivity index (χ1v) is 11.0. The van der Waals surface area contributed by atoms with Gasteiger partial charge in [0.2, 0.25) is 5.91 Å². The predicted octanol–water partition coefficient (Wildman–Crippen LogP) is 3.60. The van der Waals surface area contributed by atoms with E-state index in [0.29, 0.717) is 30.5 Å². The van der Waals surface area contributed by atoms with Crippen molar-refractivity contribution in [2.24, 2.45) is 11.8 Å². The third-order valence-corrected chi connectivity index (χ3v) is 6.63. The van der Waals surface area contributed by atoms with Crippen molar-refractivity contribution in [1.29, 1.82) is 0 Å². The molecule has 0 spiro atoms. The molecule has 30 heavy (non-hydrogen) atoms. The van der Waals surface area contributed by atoms with Gasteiger partial charge in [-0.2, -0.15) is 0 Å². The molecule has 0 aromatic carbocycles. The highest BCUT2D eigenvalue weighted by Gasteiger charge is 2.53. The number of nitrogen functional groups attached to an aromatic ring is 1. The zero-order chi connectivity index (χ0) is 21.8. The molecule has 7 nitrogen and oxygen atoms in total. The molecule has 1 aromatic heterocycles. The van der Waals surface area contributed by atoms with Crippen molar-refractivity contribution in [3.05, 3.63) is 36.2 Å². The molecule has 1 saturated carbocycles. The zero-order valence-corrected chi connectivity index (χ0v) is 18.3. The molecule has 3 rings (SSSR count). The third-order valence-electron chi connectivity index (χ3n) is 6.63. The molecule has 2 heterocycles. The summed E-state index contributed by atoms with van der Waals surface area (Å²) in [6.07, 6.45) is 8.04. The first-order chi connectivity index (χ1) is 14.3. The van der Waals surface area contributed by atoms with E-state index in [4.69, 9.17) is 10.5 Å². The molecule has 1 saturated heterocycles. The minimum Gasteiger partial charge on any atom is -0.497 e. The minimum absolute atomic E-state index is 0.0886. The van der Waals surface area contributed by atoms with Crippen LogP contribution in [0, 0.1) is 11.8 Å². The van der Waals surface area contributed by atoms with E-state index in [9.17, 15) is 9.59 Å². The van der Waals surface area contributed by atoms with Crippen LogP contribution in [0.15, 0.2) is 30.7 Å². The van der Waals surface area contributed by atoms with Crippen molar-refractivity contribution in [3.8, 4) is 0 Å². The maximum Gasteiger partial charge on any atom is 0.327 e. The van der Waals surface area contributed by atoms with Gasteiger partial charge in [-0.15, -0.1) is 0 Å². The van der Waals surface area contributed by atoms with E-state index in [1.54, 1.807) is 24.2 Å². The Morgan fingerprint density at radius 2 is 2.10 bits per heavy atom. The van der Waals surface area contributed by atoms with Crippen LogP contribution in [0.2, 0.25) is 0 Å². The summed E-state index contributed by atoms with van der Waals surface area (Å²) < 4.78 is 5.63. The standard InChI is InChI=1S/C23H34N4O3/c1-5-30-16(3)21-19(13-17-11-12-25-20(24)14-17)22(28)27(21)23(29)26(4)15(2)18-9-7-6-8-10-18/h11-12,14-15,18-19,21H,3,5-10,13H2,1-2,4H3,(H2,24,25)/t15-,19-,21-/m1/s1. The number of hydrogen-bond acceptors (Lipinski definition) is 5. The highest BCUT2D eigenvalue weighted by Crippen LogP contribution is 2.37. The molecule has 3 amide bonds. The number of carbonyl (C=O) groups excluding carboxylic acids is 2. The number of nitrogens with two attached hydrogens (primary N) is 1. The van der Waals surface area contributed by atoms with Crippen molar-refractivity contribution in [2.45, 2.75) is 64.5 Å².